The van der Waals surface area contributed by atoms with Gasteiger partial charge < -0.3 is 4.42 Å². The van der Waals surface area contributed by atoms with Crippen LogP contribution in [0.4, 0.5) is 0 Å². The van der Waals surface area contributed by atoms with E-state index in [1.807, 2.05) is 18.2 Å². The summed E-state index contributed by atoms with van der Waals surface area (Å²) in [6, 6.07) is 69.5. The first-order chi connectivity index (χ1) is 29.5. The van der Waals surface area contributed by atoms with Crippen LogP contribution in [0.2, 0.25) is 0 Å². The first kappa shape index (κ1) is 34.4. The van der Waals surface area contributed by atoms with Crippen LogP contribution in [-0.2, 0) is 5.41 Å². The van der Waals surface area contributed by atoms with Crippen molar-refractivity contribution in [2.45, 2.75) is 19.3 Å². The molecule has 0 saturated heterocycles. The summed E-state index contributed by atoms with van der Waals surface area (Å²) in [5.41, 5.74) is 16.5. The highest BCUT2D eigenvalue weighted by Crippen LogP contribution is 2.54. The van der Waals surface area contributed by atoms with Gasteiger partial charge in [0.25, 0.3) is 0 Å². The lowest BCUT2D eigenvalue weighted by molar-refractivity contribution is 0.661. The number of hydrogen-bond acceptors (Lipinski definition) is 3. The van der Waals surface area contributed by atoms with Crippen LogP contribution in [0, 0.1) is 0 Å². The average molecular weight is 767 g/mol. The van der Waals surface area contributed by atoms with Crippen LogP contribution in [0.5, 0.6) is 0 Å². The van der Waals surface area contributed by atoms with Crippen LogP contribution >= 0.6 is 0 Å². The zero-order valence-electron chi connectivity index (χ0n) is 33.3. The fourth-order valence-electron chi connectivity index (χ4n) is 9.61. The van der Waals surface area contributed by atoms with Gasteiger partial charge in [0.05, 0.1) is 11.4 Å². The number of aromatic nitrogens is 2. The summed E-state index contributed by atoms with van der Waals surface area (Å²) in [5, 5.41) is 7.09. The third-order valence-electron chi connectivity index (χ3n) is 12.7. The van der Waals surface area contributed by atoms with Crippen molar-refractivity contribution < 1.29 is 4.42 Å². The molecular formula is C57H38N2O. The largest absolute Gasteiger partial charge is 0.455 e. The molecular weight excluding hydrogens is 729 g/mol. The van der Waals surface area contributed by atoms with Crippen molar-refractivity contribution in [2.24, 2.45) is 0 Å². The number of hydrogen-bond donors (Lipinski definition) is 0. The van der Waals surface area contributed by atoms with Crippen LogP contribution in [-0.4, -0.2) is 9.97 Å². The molecule has 282 valence electrons. The number of rotatable bonds is 5. The standard InChI is InChI=1S/C57H38N2O/c1-57(2)49-22-12-21-45(54(49)48-32-39-16-6-7-17-40(39)33-50(48)57)43-19-10-11-20-44(43)52-34-51(58-56(59-52)38-14-4-3-5-15-38)37-25-23-35(24-26-37)41-28-30-53-47(31-41)46-29-27-36-13-8-9-18-42(36)55(46)60-53/h3-34H,1-2H3. The molecule has 0 aliphatic heterocycles. The summed E-state index contributed by atoms with van der Waals surface area (Å²) in [6.07, 6.45) is 0. The van der Waals surface area contributed by atoms with E-state index in [0.717, 1.165) is 72.1 Å². The molecule has 2 heterocycles. The molecule has 1 aliphatic carbocycles. The van der Waals surface area contributed by atoms with Gasteiger partial charge in [0.2, 0.25) is 0 Å². The lowest BCUT2D eigenvalue weighted by atomic mass is 9.81. The second-order valence-corrected chi connectivity index (χ2v) is 16.5. The summed E-state index contributed by atoms with van der Waals surface area (Å²) in [5.74, 6) is 0.697. The number of nitrogens with zero attached hydrogens (tertiary/aromatic N) is 2. The van der Waals surface area contributed by atoms with Crippen LogP contribution in [0.1, 0.15) is 25.0 Å². The van der Waals surface area contributed by atoms with E-state index in [1.165, 1.54) is 44.0 Å². The molecule has 2 aromatic heterocycles. The topological polar surface area (TPSA) is 38.9 Å². The second kappa shape index (κ2) is 13.2. The summed E-state index contributed by atoms with van der Waals surface area (Å²) >= 11 is 0. The lowest BCUT2D eigenvalue weighted by Crippen LogP contribution is -2.14. The molecule has 3 heteroatoms. The quantitative estimate of drug-likeness (QED) is 0.175. The molecule has 11 aromatic rings. The van der Waals surface area contributed by atoms with E-state index in [1.54, 1.807) is 0 Å². The minimum atomic E-state index is -0.138. The smallest absolute Gasteiger partial charge is 0.160 e. The van der Waals surface area contributed by atoms with Gasteiger partial charge in [0, 0.05) is 38.3 Å². The fraction of sp³-hybridized carbons (Fsp3) is 0.0526. The Morgan fingerprint density at radius 3 is 1.88 bits per heavy atom. The molecule has 0 atom stereocenters. The van der Waals surface area contributed by atoms with Crippen molar-refractivity contribution in [1.29, 1.82) is 0 Å². The average Bonchev–Trinajstić information content (AvgIpc) is 3.79. The molecule has 9 aromatic carbocycles. The Kier molecular flexibility index (Phi) is 7.58. The van der Waals surface area contributed by atoms with Gasteiger partial charge in [-0.2, -0.15) is 0 Å². The zero-order chi connectivity index (χ0) is 40.0. The van der Waals surface area contributed by atoms with Crippen LogP contribution in [0.15, 0.2) is 199 Å². The number of fused-ring (bicyclic) bond motifs is 9. The monoisotopic (exact) mass is 766 g/mol. The Labute approximate surface area is 348 Å². The van der Waals surface area contributed by atoms with Gasteiger partial charge >= 0.3 is 0 Å². The van der Waals surface area contributed by atoms with E-state index in [9.17, 15) is 0 Å². The predicted molar refractivity (Wildman–Crippen MR) is 249 cm³/mol. The second-order valence-electron chi connectivity index (χ2n) is 16.5. The minimum absolute atomic E-state index is 0.138. The van der Waals surface area contributed by atoms with Crippen molar-refractivity contribution in [1.82, 2.24) is 9.97 Å². The molecule has 0 unspecified atom stereocenters. The number of benzene rings is 9. The highest BCUT2D eigenvalue weighted by molar-refractivity contribution is 6.15. The molecule has 0 bridgehead atoms. The molecule has 0 fully saturated rings. The molecule has 0 spiro atoms. The minimum Gasteiger partial charge on any atom is -0.455 e. The maximum atomic E-state index is 6.41. The predicted octanol–water partition coefficient (Wildman–Crippen LogP) is 15.3. The Morgan fingerprint density at radius 2 is 1.05 bits per heavy atom. The third kappa shape index (κ3) is 5.36. The molecule has 60 heavy (non-hydrogen) atoms. The Morgan fingerprint density at radius 1 is 0.383 bits per heavy atom. The summed E-state index contributed by atoms with van der Waals surface area (Å²) in [4.78, 5) is 10.5. The summed E-state index contributed by atoms with van der Waals surface area (Å²) in [6.45, 7) is 4.71. The zero-order valence-corrected chi connectivity index (χ0v) is 33.3. The molecule has 3 nitrogen and oxygen atoms in total. The highest BCUT2D eigenvalue weighted by atomic mass is 16.3. The molecule has 12 rings (SSSR count). The van der Waals surface area contributed by atoms with E-state index in [2.05, 4.69) is 190 Å². The normalized spacial score (nSPS) is 13.0. The van der Waals surface area contributed by atoms with Crippen LogP contribution in [0.3, 0.4) is 0 Å². The van der Waals surface area contributed by atoms with Gasteiger partial charge in [0.1, 0.15) is 11.2 Å². The van der Waals surface area contributed by atoms with Gasteiger partial charge in [-0.1, -0.05) is 172 Å². The number of furan rings is 1. The Hall–Kier alpha value is -7.62. The van der Waals surface area contributed by atoms with Gasteiger partial charge in [-0.3, -0.25) is 0 Å². The van der Waals surface area contributed by atoms with E-state index < -0.39 is 0 Å². The lowest BCUT2D eigenvalue weighted by Gasteiger charge is -2.22. The maximum absolute atomic E-state index is 6.41. The van der Waals surface area contributed by atoms with Crippen LogP contribution in [0.25, 0.3) is 111 Å². The molecule has 0 radical (unpaired) electrons. The van der Waals surface area contributed by atoms with Crippen molar-refractivity contribution >= 4 is 43.5 Å². The van der Waals surface area contributed by atoms with E-state index in [4.69, 9.17) is 14.4 Å². The van der Waals surface area contributed by atoms with Gasteiger partial charge in [-0.25, -0.2) is 9.97 Å². The Bertz CT molecular complexity index is 3500. The van der Waals surface area contributed by atoms with Crippen molar-refractivity contribution in [2.75, 3.05) is 0 Å². The maximum Gasteiger partial charge on any atom is 0.160 e. The van der Waals surface area contributed by atoms with E-state index in [0.29, 0.717) is 5.82 Å². The summed E-state index contributed by atoms with van der Waals surface area (Å²) in [7, 11) is 0. The van der Waals surface area contributed by atoms with Crippen molar-refractivity contribution in [3.8, 4) is 67.3 Å². The van der Waals surface area contributed by atoms with Gasteiger partial charge in [0.15, 0.2) is 5.82 Å². The molecule has 0 N–H and O–H groups in total. The fourth-order valence-corrected chi connectivity index (χ4v) is 9.61. The molecule has 0 amide bonds. The summed E-state index contributed by atoms with van der Waals surface area (Å²) < 4.78 is 6.41. The van der Waals surface area contributed by atoms with E-state index in [-0.39, 0.29) is 5.41 Å². The van der Waals surface area contributed by atoms with Crippen molar-refractivity contribution in [3.05, 3.63) is 205 Å². The van der Waals surface area contributed by atoms with Gasteiger partial charge in [-0.05, 0) is 97.1 Å². The Balaban J connectivity index is 0.978. The molecule has 0 saturated carbocycles. The van der Waals surface area contributed by atoms with Gasteiger partial charge in [-0.15, -0.1) is 0 Å². The molecule has 1 aliphatic rings. The highest BCUT2D eigenvalue weighted by Gasteiger charge is 2.37. The SMILES string of the molecule is CC1(C)c2cc3ccccc3cc2-c2c(-c3ccccc3-c3cc(-c4ccc(-c5ccc6oc7c8ccccc8ccc7c6c5)cc4)nc(-c4ccccc4)n3)cccc21. The first-order valence-electron chi connectivity index (χ1n) is 20.6. The first-order valence-corrected chi connectivity index (χ1v) is 20.6. The third-order valence-corrected chi connectivity index (χ3v) is 12.7. The van der Waals surface area contributed by atoms with E-state index >= 15 is 0 Å². The van der Waals surface area contributed by atoms with Crippen LogP contribution < -0.4 is 0 Å². The van der Waals surface area contributed by atoms with Crippen molar-refractivity contribution in [3.63, 3.8) is 0 Å².